The van der Waals surface area contributed by atoms with Gasteiger partial charge in [-0.25, -0.2) is 4.39 Å². The largest absolute Gasteiger partial charge is 0.394 e. The van der Waals surface area contributed by atoms with E-state index in [2.05, 4.69) is 5.32 Å². The van der Waals surface area contributed by atoms with Crippen LogP contribution in [0.3, 0.4) is 0 Å². The number of hydrogen-bond donors (Lipinski definition) is 2. The highest BCUT2D eigenvalue weighted by atomic mass is 19.1. The van der Waals surface area contributed by atoms with Crippen LogP contribution in [0.25, 0.3) is 0 Å². The standard InChI is InChI=1S/C13H16FNO3/c14-13(6-11(7-16)15-12(13)17)9-18-8-10-4-2-1-3-5-10/h1-5,11,16H,6-9H2,(H,15,17)/t11-,13+/m0/s1. The third kappa shape index (κ3) is 2.86. The normalized spacial score (nSPS) is 27.2. The van der Waals surface area contributed by atoms with Gasteiger partial charge < -0.3 is 15.2 Å². The van der Waals surface area contributed by atoms with Gasteiger partial charge in [-0.15, -0.1) is 0 Å². The lowest BCUT2D eigenvalue weighted by atomic mass is 10.0. The number of nitrogens with one attached hydrogen (secondary N) is 1. The molecule has 1 aliphatic heterocycles. The number of carbonyl (C=O) groups is 1. The number of aliphatic hydroxyl groups is 1. The summed E-state index contributed by atoms with van der Waals surface area (Å²) < 4.78 is 19.5. The smallest absolute Gasteiger partial charge is 0.260 e. The van der Waals surface area contributed by atoms with Crippen LogP contribution in [0.15, 0.2) is 30.3 Å². The fourth-order valence-corrected chi connectivity index (χ4v) is 1.99. The Morgan fingerprint density at radius 2 is 2.17 bits per heavy atom. The minimum atomic E-state index is -2.03. The van der Waals surface area contributed by atoms with Gasteiger partial charge in [0, 0.05) is 6.42 Å². The number of ether oxygens (including phenoxy) is 1. The molecule has 1 aliphatic rings. The van der Waals surface area contributed by atoms with Crippen molar-refractivity contribution >= 4 is 5.91 Å². The van der Waals surface area contributed by atoms with E-state index in [-0.39, 0.29) is 26.2 Å². The highest BCUT2D eigenvalue weighted by Gasteiger charge is 2.47. The summed E-state index contributed by atoms with van der Waals surface area (Å²) in [5, 5.41) is 11.3. The van der Waals surface area contributed by atoms with Crippen LogP contribution in [0.5, 0.6) is 0 Å². The van der Waals surface area contributed by atoms with Crippen molar-refractivity contribution in [2.45, 2.75) is 24.7 Å². The third-order valence-corrected chi connectivity index (χ3v) is 2.97. The molecule has 0 unspecified atom stereocenters. The van der Waals surface area contributed by atoms with Crippen LogP contribution < -0.4 is 5.32 Å². The van der Waals surface area contributed by atoms with Crippen molar-refractivity contribution in [1.82, 2.24) is 5.32 Å². The SMILES string of the molecule is O=C1N[C@H](CO)C[C@@]1(F)COCc1ccccc1. The third-order valence-electron chi connectivity index (χ3n) is 2.97. The molecule has 0 bridgehead atoms. The van der Waals surface area contributed by atoms with Crippen molar-refractivity contribution in [3.63, 3.8) is 0 Å². The van der Waals surface area contributed by atoms with Crippen LogP contribution in [0.4, 0.5) is 4.39 Å². The number of alkyl halides is 1. The Hall–Kier alpha value is -1.46. The molecule has 0 saturated carbocycles. The molecule has 2 rings (SSSR count). The molecule has 0 spiro atoms. The Balaban J connectivity index is 1.85. The van der Waals surface area contributed by atoms with E-state index < -0.39 is 17.6 Å². The molecule has 2 atom stereocenters. The predicted octanol–water partition coefficient (Wildman–Crippen LogP) is 0.792. The Bertz CT molecular complexity index is 412. The maximum Gasteiger partial charge on any atom is 0.260 e. The van der Waals surface area contributed by atoms with Crippen LogP contribution in [0, 0.1) is 0 Å². The van der Waals surface area contributed by atoms with Crippen LogP contribution >= 0.6 is 0 Å². The van der Waals surface area contributed by atoms with Crippen LogP contribution in [0.2, 0.25) is 0 Å². The monoisotopic (exact) mass is 253 g/mol. The van der Waals surface area contributed by atoms with Gasteiger partial charge in [-0.1, -0.05) is 30.3 Å². The molecule has 1 heterocycles. The second-order valence-corrected chi connectivity index (χ2v) is 4.50. The highest BCUT2D eigenvalue weighted by Crippen LogP contribution is 2.25. The van der Waals surface area contributed by atoms with E-state index in [0.717, 1.165) is 5.56 Å². The molecular formula is C13H16FNO3. The minimum Gasteiger partial charge on any atom is -0.394 e. The topological polar surface area (TPSA) is 58.6 Å². The number of benzene rings is 1. The average Bonchev–Trinajstić information content (AvgIpc) is 2.67. The molecule has 98 valence electrons. The molecule has 0 aromatic heterocycles. The van der Waals surface area contributed by atoms with E-state index in [0.29, 0.717) is 0 Å². The molecule has 1 aromatic rings. The zero-order valence-electron chi connectivity index (χ0n) is 9.93. The summed E-state index contributed by atoms with van der Waals surface area (Å²) in [7, 11) is 0. The number of rotatable bonds is 5. The van der Waals surface area contributed by atoms with Gasteiger partial charge in [0.1, 0.15) is 0 Å². The van der Waals surface area contributed by atoms with Gasteiger partial charge in [-0.05, 0) is 5.56 Å². The molecule has 2 N–H and O–H groups in total. The van der Waals surface area contributed by atoms with Crippen molar-refractivity contribution in [3.8, 4) is 0 Å². The summed E-state index contributed by atoms with van der Waals surface area (Å²) >= 11 is 0. The fraction of sp³-hybridized carbons (Fsp3) is 0.462. The molecule has 0 aliphatic carbocycles. The molecule has 4 nitrogen and oxygen atoms in total. The van der Waals surface area contributed by atoms with Gasteiger partial charge in [-0.2, -0.15) is 0 Å². The predicted molar refractivity (Wildman–Crippen MR) is 63.6 cm³/mol. The molecule has 18 heavy (non-hydrogen) atoms. The van der Waals surface area contributed by atoms with E-state index in [4.69, 9.17) is 9.84 Å². The van der Waals surface area contributed by atoms with E-state index in [9.17, 15) is 9.18 Å². The van der Waals surface area contributed by atoms with E-state index in [1.165, 1.54) is 0 Å². The lowest BCUT2D eigenvalue weighted by molar-refractivity contribution is -0.133. The van der Waals surface area contributed by atoms with Gasteiger partial charge in [0.25, 0.3) is 5.91 Å². The molecular weight excluding hydrogens is 237 g/mol. The van der Waals surface area contributed by atoms with Gasteiger partial charge in [-0.3, -0.25) is 4.79 Å². The Morgan fingerprint density at radius 1 is 1.44 bits per heavy atom. The Kier molecular flexibility index (Phi) is 3.93. The Morgan fingerprint density at radius 3 is 2.78 bits per heavy atom. The molecule has 1 saturated heterocycles. The van der Waals surface area contributed by atoms with Crippen LogP contribution in [-0.2, 0) is 16.1 Å². The summed E-state index contributed by atoms with van der Waals surface area (Å²) in [6.45, 7) is -0.274. The second-order valence-electron chi connectivity index (χ2n) is 4.50. The van der Waals surface area contributed by atoms with Crippen LogP contribution in [0.1, 0.15) is 12.0 Å². The van der Waals surface area contributed by atoms with Gasteiger partial charge in [0.05, 0.1) is 25.9 Å². The summed E-state index contributed by atoms with van der Waals surface area (Å²) in [5.74, 6) is -0.699. The molecule has 1 amide bonds. The first-order chi connectivity index (χ1) is 8.64. The summed E-state index contributed by atoms with van der Waals surface area (Å²) in [6, 6.07) is 8.85. The lowest BCUT2D eigenvalue weighted by Gasteiger charge is -2.16. The summed E-state index contributed by atoms with van der Waals surface area (Å²) in [4.78, 5) is 11.4. The first kappa shape index (κ1) is 13.0. The Labute approximate surface area is 105 Å². The first-order valence-electron chi connectivity index (χ1n) is 5.86. The number of amides is 1. The van der Waals surface area contributed by atoms with Crippen molar-refractivity contribution in [1.29, 1.82) is 0 Å². The average molecular weight is 253 g/mol. The maximum absolute atomic E-state index is 14.2. The maximum atomic E-state index is 14.2. The highest BCUT2D eigenvalue weighted by molar-refractivity contribution is 5.87. The molecule has 0 radical (unpaired) electrons. The fourth-order valence-electron chi connectivity index (χ4n) is 1.99. The van der Waals surface area contributed by atoms with Crippen molar-refractivity contribution < 1.29 is 19.0 Å². The molecule has 1 aromatic carbocycles. The number of aliphatic hydroxyl groups excluding tert-OH is 1. The van der Waals surface area contributed by atoms with E-state index >= 15 is 0 Å². The molecule has 5 heteroatoms. The van der Waals surface area contributed by atoms with Crippen molar-refractivity contribution in [3.05, 3.63) is 35.9 Å². The van der Waals surface area contributed by atoms with E-state index in [1.807, 2.05) is 30.3 Å². The quantitative estimate of drug-likeness (QED) is 0.815. The zero-order chi connectivity index (χ0) is 13.0. The van der Waals surface area contributed by atoms with Gasteiger partial charge in [0.2, 0.25) is 5.67 Å². The lowest BCUT2D eigenvalue weighted by Crippen LogP contribution is -2.38. The minimum absolute atomic E-state index is 0.0445. The number of carbonyl (C=O) groups excluding carboxylic acids is 1. The van der Waals surface area contributed by atoms with Crippen LogP contribution in [-0.4, -0.2) is 35.9 Å². The first-order valence-corrected chi connectivity index (χ1v) is 5.86. The van der Waals surface area contributed by atoms with Crippen molar-refractivity contribution in [2.75, 3.05) is 13.2 Å². The van der Waals surface area contributed by atoms with Crippen molar-refractivity contribution in [2.24, 2.45) is 0 Å². The summed E-state index contributed by atoms with van der Waals surface area (Å²) in [5.41, 5.74) is -1.10. The van der Waals surface area contributed by atoms with Gasteiger partial charge >= 0.3 is 0 Å². The molecule has 1 fully saturated rings. The zero-order valence-corrected chi connectivity index (χ0v) is 9.93. The number of hydrogen-bond acceptors (Lipinski definition) is 3. The summed E-state index contributed by atoms with van der Waals surface area (Å²) in [6.07, 6.45) is -0.0445. The number of halogens is 1. The van der Waals surface area contributed by atoms with E-state index in [1.54, 1.807) is 0 Å². The van der Waals surface area contributed by atoms with Gasteiger partial charge in [0.15, 0.2) is 0 Å². The second kappa shape index (κ2) is 5.46.